The molecular weight excluding hydrogens is 400 g/mol. The zero-order chi connectivity index (χ0) is 17.9. The summed E-state index contributed by atoms with van der Waals surface area (Å²) in [6.45, 7) is 0.482. The molecule has 2 aromatic carbocycles. The fourth-order valence-electron chi connectivity index (χ4n) is 2.77. The number of fused-ring (bicyclic) bond motifs is 1. The van der Waals surface area contributed by atoms with Crippen LogP contribution in [0.3, 0.4) is 0 Å². The van der Waals surface area contributed by atoms with E-state index in [-0.39, 0.29) is 12.4 Å². The van der Waals surface area contributed by atoms with Gasteiger partial charge in [0.1, 0.15) is 12.4 Å². The summed E-state index contributed by atoms with van der Waals surface area (Å²) >= 11 is 3.48. The highest BCUT2D eigenvalue weighted by molar-refractivity contribution is 9.10. The highest BCUT2D eigenvalue weighted by Gasteiger charge is 2.25. The number of ether oxygens (including phenoxy) is 3. The van der Waals surface area contributed by atoms with Gasteiger partial charge >= 0.3 is 5.97 Å². The fourth-order valence-corrected chi connectivity index (χ4v) is 3.32. The van der Waals surface area contributed by atoms with Crippen LogP contribution in [-0.2, 0) is 22.7 Å². The molecule has 1 aliphatic rings. The van der Waals surface area contributed by atoms with Crippen molar-refractivity contribution in [1.29, 1.82) is 0 Å². The Labute approximate surface area is 158 Å². The van der Waals surface area contributed by atoms with Gasteiger partial charge in [0, 0.05) is 21.2 Å². The molecule has 0 spiro atoms. The molecule has 3 aromatic rings. The maximum absolute atomic E-state index is 12.0. The second-order valence-electron chi connectivity index (χ2n) is 5.78. The normalized spacial score (nSPS) is 15.8. The molecule has 1 atom stereocenters. The van der Waals surface area contributed by atoms with E-state index < -0.39 is 12.3 Å². The molecule has 1 aromatic heterocycles. The number of furan rings is 1. The van der Waals surface area contributed by atoms with Crippen LogP contribution in [0.25, 0.3) is 0 Å². The van der Waals surface area contributed by atoms with Gasteiger partial charge in [0.25, 0.3) is 0 Å². The van der Waals surface area contributed by atoms with Crippen molar-refractivity contribution in [3.05, 3.63) is 87.8 Å². The Kier molecular flexibility index (Phi) is 4.77. The van der Waals surface area contributed by atoms with E-state index in [1.165, 1.54) is 6.26 Å². The van der Waals surface area contributed by atoms with Gasteiger partial charge in [0.15, 0.2) is 0 Å². The lowest BCUT2D eigenvalue weighted by Gasteiger charge is -2.28. The van der Waals surface area contributed by atoms with E-state index in [0.717, 1.165) is 21.2 Å². The molecule has 0 amide bonds. The SMILES string of the molecule is O=C(OCc1cc(Br)cc2c1O[C@H](c1ccccc1)OC2)c1ccco1. The summed E-state index contributed by atoms with van der Waals surface area (Å²) in [5.41, 5.74) is 2.59. The Bertz CT molecular complexity index is 905. The third-order valence-electron chi connectivity index (χ3n) is 3.98. The second kappa shape index (κ2) is 7.35. The van der Waals surface area contributed by atoms with E-state index in [0.29, 0.717) is 12.4 Å². The van der Waals surface area contributed by atoms with Crippen molar-refractivity contribution in [3.8, 4) is 5.75 Å². The number of carbonyl (C=O) groups is 1. The first-order chi connectivity index (χ1) is 12.7. The number of esters is 1. The third-order valence-corrected chi connectivity index (χ3v) is 4.43. The Morgan fingerprint density at radius 3 is 2.77 bits per heavy atom. The van der Waals surface area contributed by atoms with Crippen LogP contribution in [0.4, 0.5) is 0 Å². The minimum Gasteiger partial charge on any atom is -0.460 e. The lowest BCUT2D eigenvalue weighted by atomic mass is 10.1. The Morgan fingerprint density at radius 2 is 2.00 bits per heavy atom. The summed E-state index contributed by atoms with van der Waals surface area (Å²) in [6.07, 6.45) is 0.937. The summed E-state index contributed by atoms with van der Waals surface area (Å²) < 4.78 is 23.2. The van der Waals surface area contributed by atoms with E-state index in [1.807, 2.05) is 42.5 Å². The number of halogens is 1. The minimum atomic E-state index is -0.518. The van der Waals surface area contributed by atoms with E-state index in [9.17, 15) is 4.79 Å². The average molecular weight is 415 g/mol. The first-order valence-electron chi connectivity index (χ1n) is 8.06. The number of rotatable bonds is 4. The van der Waals surface area contributed by atoms with Crippen LogP contribution in [0.15, 0.2) is 69.8 Å². The van der Waals surface area contributed by atoms with Crippen molar-refractivity contribution in [2.45, 2.75) is 19.5 Å². The molecule has 26 heavy (non-hydrogen) atoms. The molecule has 5 nitrogen and oxygen atoms in total. The number of hydrogen-bond donors (Lipinski definition) is 0. The summed E-state index contributed by atoms with van der Waals surface area (Å²) in [5, 5.41) is 0. The predicted octanol–water partition coefficient (Wildman–Crippen LogP) is 5.01. The first-order valence-corrected chi connectivity index (χ1v) is 8.85. The summed E-state index contributed by atoms with van der Waals surface area (Å²) in [5.74, 6) is 0.330. The molecule has 6 heteroatoms. The Hall–Kier alpha value is -2.57. The van der Waals surface area contributed by atoms with Crippen LogP contribution in [0, 0.1) is 0 Å². The molecule has 0 unspecified atom stereocenters. The maximum Gasteiger partial charge on any atom is 0.374 e. The van der Waals surface area contributed by atoms with E-state index >= 15 is 0 Å². The standard InChI is InChI=1S/C20H15BrO5/c21-16-9-14(11-24-19(22)17-7-4-8-23-17)18-15(10-16)12-25-20(26-18)13-5-2-1-3-6-13/h1-10,20H,11-12H2/t20-/m1/s1. The van der Waals surface area contributed by atoms with E-state index in [2.05, 4.69) is 15.9 Å². The van der Waals surface area contributed by atoms with Gasteiger partial charge in [-0.1, -0.05) is 46.3 Å². The van der Waals surface area contributed by atoms with Gasteiger partial charge in [0.05, 0.1) is 12.9 Å². The average Bonchev–Trinajstić information content (AvgIpc) is 3.21. The fraction of sp³-hybridized carbons (Fsp3) is 0.150. The Balaban J connectivity index is 1.56. The molecular formula is C20H15BrO5. The van der Waals surface area contributed by atoms with Crippen LogP contribution in [0.1, 0.15) is 33.5 Å². The number of hydrogen-bond acceptors (Lipinski definition) is 5. The van der Waals surface area contributed by atoms with Crippen LogP contribution in [0.2, 0.25) is 0 Å². The summed E-state index contributed by atoms with van der Waals surface area (Å²) in [4.78, 5) is 12.0. The lowest BCUT2D eigenvalue weighted by Crippen LogP contribution is -2.19. The van der Waals surface area contributed by atoms with Gasteiger partial charge in [-0.05, 0) is 24.3 Å². The maximum atomic E-state index is 12.0. The second-order valence-corrected chi connectivity index (χ2v) is 6.69. The van der Waals surface area contributed by atoms with Gasteiger partial charge < -0.3 is 18.6 Å². The smallest absolute Gasteiger partial charge is 0.374 e. The molecule has 1 aliphatic heterocycles. The van der Waals surface area contributed by atoms with Crippen molar-refractivity contribution >= 4 is 21.9 Å². The summed E-state index contributed by atoms with van der Waals surface area (Å²) in [6, 6.07) is 16.7. The van der Waals surface area contributed by atoms with Gasteiger partial charge in [0.2, 0.25) is 12.1 Å². The summed E-state index contributed by atoms with van der Waals surface area (Å²) in [7, 11) is 0. The molecule has 4 rings (SSSR count). The predicted molar refractivity (Wildman–Crippen MR) is 96.6 cm³/mol. The third kappa shape index (κ3) is 3.52. The molecule has 132 valence electrons. The zero-order valence-electron chi connectivity index (χ0n) is 13.7. The van der Waals surface area contributed by atoms with Gasteiger partial charge in [-0.15, -0.1) is 0 Å². The van der Waals surface area contributed by atoms with Gasteiger partial charge in [-0.2, -0.15) is 0 Å². The van der Waals surface area contributed by atoms with E-state index in [4.69, 9.17) is 18.6 Å². The van der Waals surface area contributed by atoms with Crippen LogP contribution in [-0.4, -0.2) is 5.97 Å². The monoisotopic (exact) mass is 414 g/mol. The largest absolute Gasteiger partial charge is 0.460 e. The quantitative estimate of drug-likeness (QED) is 0.561. The van der Waals surface area contributed by atoms with E-state index in [1.54, 1.807) is 12.1 Å². The minimum absolute atomic E-state index is 0.0722. The molecule has 0 bridgehead atoms. The van der Waals surface area contributed by atoms with Crippen LogP contribution < -0.4 is 4.74 Å². The Morgan fingerprint density at radius 1 is 1.15 bits per heavy atom. The molecule has 0 N–H and O–H groups in total. The molecule has 0 saturated carbocycles. The number of benzene rings is 2. The van der Waals surface area contributed by atoms with Crippen molar-refractivity contribution in [2.24, 2.45) is 0 Å². The molecule has 0 saturated heterocycles. The highest BCUT2D eigenvalue weighted by Crippen LogP contribution is 2.38. The molecule has 0 fully saturated rings. The molecule has 2 heterocycles. The number of carbonyl (C=O) groups excluding carboxylic acids is 1. The van der Waals surface area contributed by atoms with Crippen molar-refractivity contribution in [3.63, 3.8) is 0 Å². The zero-order valence-corrected chi connectivity index (χ0v) is 15.3. The molecule has 0 aliphatic carbocycles. The highest BCUT2D eigenvalue weighted by atomic mass is 79.9. The van der Waals surface area contributed by atoms with Crippen molar-refractivity contribution in [2.75, 3.05) is 0 Å². The molecule has 0 radical (unpaired) electrons. The van der Waals surface area contributed by atoms with Crippen LogP contribution in [0.5, 0.6) is 5.75 Å². The van der Waals surface area contributed by atoms with Crippen LogP contribution >= 0.6 is 15.9 Å². The first kappa shape index (κ1) is 16.9. The van der Waals surface area contributed by atoms with Gasteiger partial charge in [-0.25, -0.2) is 4.79 Å². The van der Waals surface area contributed by atoms with Gasteiger partial charge in [-0.3, -0.25) is 0 Å². The lowest BCUT2D eigenvalue weighted by molar-refractivity contribution is -0.112. The van der Waals surface area contributed by atoms with Crippen molar-refractivity contribution in [1.82, 2.24) is 0 Å². The van der Waals surface area contributed by atoms with Crippen molar-refractivity contribution < 1.29 is 23.4 Å². The topological polar surface area (TPSA) is 57.9 Å².